The molecule has 196 valence electrons. The molecule has 11 heteroatoms. The summed E-state index contributed by atoms with van der Waals surface area (Å²) in [6, 6.07) is 11.7. The molecule has 37 heavy (non-hydrogen) atoms. The van der Waals surface area contributed by atoms with Gasteiger partial charge in [0.1, 0.15) is 30.0 Å². The highest BCUT2D eigenvalue weighted by Crippen LogP contribution is 2.39. The fraction of sp³-hybridized carbons (Fsp3) is 0.269. The Hall–Kier alpha value is -3.50. The van der Waals surface area contributed by atoms with Crippen molar-refractivity contribution < 1.29 is 36.9 Å². The van der Waals surface area contributed by atoms with E-state index < -0.39 is 29.5 Å². The van der Waals surface area contributed by atoms with Gasteiger partial charge in [-0.3, -0.25) is 4.79 Å². The number of anilines is 2. The van der Waals surface area contributed by atoms with Crippen LogP contribution < -0.4 is 19.7 Å². The van der Waals surface area contributed by atoms with E-state index in [0.717, 1.165) is 6.07 Å². The monoisotopic (exact) mass is 538 g/mol. The van der Waals surface area contributed by atoms with Crippen molar-refractivity contribution in [2.24, 2.45) is 0 Å². The van der Waals surface area contributed by atoms with Gasteiger partial charge in [-0.1, -0.05) is 23.7 Å². The van der Waals surface area contributed by atoms with Gasteiger partial charge in [-0.15, -0.1) is 0 Å². The van der Waals surface area contributed by atoms with Crippen LogP contribution in [0.5, 0.6) is 11.5 Å². The third kappa shape index (κ3) is 5.91. The minimum Gasteiger partial charge on any atom is -0.497 e. The van der Waals surface area contributed by atoms with Gasteiger partial charge in [0.05, 0.1) is 19.3 Å². The summed E-state index contributed by atoms with van der Waals surface area (Å²) < 4.78 is 65.1. The maximum Gasteiger partial charge on any atom is 0.419 e. The van der Waals surface area contributed by atoms with Gasteiger partial charge < -0.3 is 24.8 Å². The van der Waals surface area contributed by atoms with Crippen LogP contribution >= 0.6 is 11.6 Å². The SMILES string of the molecule is COc1cc(N[C@@H](C(=O)N2CCc3cc(F)c(C(F)(F)F)cc32)c2ccc(Cl)cc2)cc(OCCO)c1. The number of hydrogen-bond donors (Lipinski definition) is 2. The van der Waals surface area contributed by atoms with E-state index in [0.29, 0.717) is 39.4 Å². The molecule has 1 atom stereocenters. The second kappa shape index (κ2) is 10.9. The van der Waals surface area contributed by atoms with Crippen LogP contribution in [0.1, 0.15) is 22.7 Å². The molecule has 0 aromatic heterocycles. The van der Waals surface area contributed by atoms with Gasteiger partial charge in [-0.25, -0.2) is 4.39 Å². The number of hydrogen-bond acceptors (Lipinski definition) is 5. The van der Waals surface area contributed by atoms with Crippen LogP contribution in [0.2, 0.25) is 5.02 Å². The molecule has 2 N–H and O–H groups in total. The lowest BCUT2D eigenvalue weighted by Gasteiger charge is -2.27. The van der Waals surface area contributed by atoms with Crippen LogP contribution in [-0.4, -0.2) is 37.9 Å². The first-order valence-electron chi connectivity index (χ1n) is 11.3. The molecule has 3 aromatic carbocycles. The van der Waals surface area contributed by atoms with Crippen molar-refractivity contribution in [2.45, 2.75) is 18.6 Å². The zero-order chi connectivity index (χ0) is 26.7. The molecule has 0 fully saturated rings. The van der Waals surface area contributed by atoms with E-state index in [1.54, 1.807) is 42.5 Å². The molecule has 1 heterocycles. The number of aliphatic hydroxyl groups excluding tert-OH is 1. The van der Waals surface area contributed by atoms with Crippen LogP contribution in [0.25, 0.3) is 0 Å². The van der Waals surface area contributed by atoms with Crippen molar-refractivity contribution in [1.29, 1.82) is 0 Å². The highest BCUT2D eigenvalue weighted by Gasteiger charge is 2.38. The number of carbonyl (C=O) groups excluding carboxylic acids is 1. The summed E-state index contributed by atoms with van der Waals surface area (Å²) >= 11 is 6.02. The van der Waals surface area contributed by atoms with Gasteiger partial charge in [0.15, 0.2) is 0 Å². The predicted molar refractivity (Wildman–Crippen MR) is 131 cm³/mol. The smallest absolute Gasteiger partial charge is 0.419 e. The summed E-state index contributed by atoms with van der Waals surface area (Å²) in [7, 11) is 1.45. The van der Waals surface area contributed by atoms with Crippen molar-refractivity contribution in [3.8, 4) is 11.5 Å². The second-order valence-electron chi connectivity index (χ2n) is 8.30. The zero-order valence-electron chi connectivity index (χ0n) is 19.6. The minimum absolute atomic E-state index is 0.0112. The minimum atomic E-state index is -4.91. The average Bonchev–Trinajstić information content (AvgIpc) is 3.27. The van der Waals surface area contributed by atoms with Gasteiger partial charge in [0.25, 0.3) is 5.91 Å². The van der Waals surface area contributed by atoms with Crippen LogP contribution in [0.15, 0.2) is 54.6 Å². The molecule has 6 nitrogen and oxygen atoms in total. The van der Waals surface area contributed by atoms with E-state index in [4.69, 9.17) is 26.2 Å². The molecule has 0 bridgehead atoms. The molecule has 0 saturated heterocycles. The number of amides is 1. The molecule has 3 aromatic rings. The maximum atomic E-state index is 14.1. The van der Waals surface area contributed by atoms with Crippen LogP contribution in [0.4, 0.5) is 28.9 Å². The summed E-state index contributed by atoms with van der Waals surface area (Å²) in [6.07, 6.45) is -4.70. The molecule has 0 unspecified atom stereocenters. The van der Waals surface area contributed by atoms with Crippen molar-refractivity contribution in [3.05, 3.63) is 82.1 Å². The Kier molecular flexibility index (Phi) is 7.79. The van der Waals surface area contributed by atoms with Gasteiger partial charge in [-0.05, 0) is 41.8 Å². The average molecular weight is 539 g/mol. The molecule has 0 aliphatic carbocycles. The number of carbonyl (C=O) groups is 1. The van der Waals surface area contributed by atoms with E-state index in [2.05, 4.69) is 5.32 Å². The lowest BCUT2D eigenvalue weighted by molar-refractivity contribution is -0.140. The largest absolute Gasteiger partial charge is 0.497 e. The van der Waals surface area contributed by atoms with E-state index >= 15 is 0 Å². The number of alkyl halides is 3. The predicted octanol–water partition coefficient (Wildman–Crippen LogP) is 5.62. The van der Waals surface area contributed by atoms with E-state index in [-0.39, 0.29) is 31.9 Å². The number of fused-ring (bicyclic) bond motifs is 1. The Bertz CT molecular complexity index is 1280. The molecular formula is C26H23ClF4N2O4. The maximum absolute atomic E-state index is 14.1. The molecule has 0 saturated carbocycles. The highest BCUT2D eigenvalue weighted by atomic mass is 35.5. The van der Waals surface area contributed by atoms with Gasteiger partial charge in [-0.2, -0.15) is 13.2 Å². The first kappa shape index (κ1) is 26.6. The van der Waals surface area contributed by atoms with Gasteiger partial charge >= 0.3 is 6.18 Å². The standard InChI is InChI=1S/C26H23ClF4N2O4/c1-36-19-11-18(12-20(13-19)37-9-8-34)32-24(15-2-4-17(27)5-3-15)25(35)33-7-6-16-10-22(28)21(14-23(16)33)26(29,30)31/h2-5,10-14,24,32,34H,6-9H2,1H3/t24-/m1/s1. The summed E-state index contributed by atoms with van der Waals surface area (Å²) in [4.78, 5) is 15.0. The lowest BCUT2D eigenvalue weighted by atomic mass is 10.0. The Morgan fingerprint density at radius 3 is 2.49 bits per heavy atom. The molecule has 1 aliphatic heterocycles. The molecule has 0 spiro atoms. The summed E-state index contributed by atoms with van der Waals surface area (Å²) in [5.74, 6) is -1.13. The number of nitrogens with zero attached hydrogens (tertiary/aromatic N) is 1. The normalized spacial score (nSPS) is 13.8. The van der Waals surface area contributed by atoms with Gasteiger partial charge in [0.2, 0.25) is 0 Å². The van der Waals surface area contributed by atoms with E-state index in [1.807, 2.05) is 0 Å². The van der Waals surface area contributed by atoms with Crippen molar-refractivity contribution in [3.63, 3.8) is 0 Å². The lowest BCUT2D eigenvalue weighted by Crippen LogP contribution is -2.37. The number of aliphatic hydroxyl groups is 1. The Balaban J connectivity index is 1.73. The fourth-order valence-electron chi connectivity index (χ4n) is 4.14. The molecule has 1 aliphatic rings. The van der Waals surface area contributed by atoms with Crippen molar-refractivity contribution >= 4 is 28.9 Å². The van der Waals surface area contributed by atoms with E-state index in [1.165, 1.54) is 12.0 Å². The first-order chi connectivity index (χ1) is 17.6. The second-order valence-corrected chi connectivity index (χ2v) is 8.73. The van der Waals surface area contributed by atoms with Gasteiger partial charge in [0, 0.05) is 41.1 Å². The fourth-order valence-corrected chi connectivity index (χ4v) is 4.26. The quantitative estimate of drug-likeness (QED) is 0.364. The number of rotatable bonds is 8. The zero-order valence-corrected chi connectivity index (χ0v) is 20.4. The van der Waals surface area contributed by atoms with Crippen LogP contribution in [0.3, 0.4) is 0 Å². The molecular weight excluding hydrogens is 516 g/mol. The van der Waals surface area contributed by atoms with Crippen LogP contribution in [-0.2, 0) is 17.4 Å². The number of methoxy groups -OCH3 is 1. The van der Waals surface area contributed by atoms with Crippen molar-refractivity contribution in [2.75, 3.05) is 37.1 Å². The Morgan fingerprint density at radius 1 is 1.14 bits per heavy atom. The Labute approximate surface area is 215 Å². The number of benzene rings is 3. The number of ether oxygens (including phenoxy) is 2. The first-order valence-corrected chi connectivity index (χ1v) is 11.6. The number of nitrogens with one attached hydrogen (secondary N) is 1. The van der Waals surface area contributed by atoms with Crippen molar-refractivity contribution in [1.82, 2.24) is 0 Å². The third-order valence-corrected chi connectivity index (χ3v) is 6.12. The summed E-state index contributed by atoms with van der Waals surface area (Å²) in [5.41, 5.74) is -0.177. The summed E-state index contributed by atoms with van der Waals surface area (Å²) in [6.45, 7) is -0.0841. The third-order valence-electron chi connectivity index (χ3n) is 5.87. The Morgan fingerprint density at radius 2 is 1.84 bits per heavy atom. The summed E-state index contributed by atoms with van der Waals surface area (Å²) in [5, 5.41) is 12.6. The topological polar surface area (TPSA) is 71.0 Å². The molecule has 0 radical (unpaired) electrons. The molecule has 4 rings (SSSR count). The number of halogens is 5. The highest BCUT2D eigenvalue weighted by molar-refractivity contribution is 6.30. The van der Waals surface area contributed by atoms with E-state index in [9.17, 15) is 22.4 Å². The van der Waals surface area contributed by atoms with Crippen LogP contribution in [0, 0.1) is 5.82 Å². The molecule has 1 amide bonds.